The van der Waals surface area contributed by atoms with Gasteiger partial charge in [0.2, 0.25) is 0 Å². The molecule has 0 aliphatic rings. The lowest BCUT2D eigenvalue weighted by Crippen LogP contribution is -2.08. The van der Waals surface area contributed by atoms with Crippen molar-refractivity contribution in [3.8, 4) is 0 Å². The molecule has 0 nitrogen and oxygen atoms in total. The van der Waals surface area contributed by atoms with E-state index in [0.29, 0.717) is 0 Å². The van der Waals surface area contributed by atoms with Crippen molar-refractivity contribution in [3.63, 3.8) is 0 Å². The normalized spacial score (nSPS) is 12.4. The molecule has 0 aliphatic heterocycles. The summed E-state index contributed by atoms with van der Waals surface area (Å²) in [6.07, 6.45) is 0.146. The average Bonchev–Trinajstić information content (AvgIpc) is 2.40. The molecule has 1 atom stereocenters. The molecular formula is C15H12ClF3. The van der Waals surface area contributed by atoms with Gasteiger partial charge in [0.1, 0.15) is 17.5 Å². The largest absolute Gasteiger partial charge is 0.207 e. The predicted octanol–water partition coefficient (Wildman–Crippen LogP) is 4.67. The van der Waals surface area contributed by atoms with Gasteiger partial charge in [-0.25, -0.2) is 13.2 Å². The number of hydrogen-bond donors (Lipinski definition) is 0. The first kappa shape index (κ1) is 13.9. The molecule has 0 heterocycles. The van der Waals surface area contributed by atoms with Gasteiger partial charge in [-0.1, -0.05) is 18.2 Å². The van der Waals surface area contributed by atoms with E-state index in [1.165, 1.54) is 30.3 Å². The van der Waals surface area contributed by atoms with Gasteiger partial charge < -0.3 is 0 Å². The molecule has 0 saturated heterocycles. The van der Waals surface area contributed by atoms with Gasteiger partial charge in [-0.05, 0) is 36.2 Å². The van der Waals surface area contributed by atoms with Crippen LogP contribution in [0.15, 0.2) is 42.5 Å². The lowest BCUT2D eigenvalue weighted by molar-refractivity contribution is 0.544. The summed E-state index contributed by atoms with van der Waals surface area (Å²) in [7, 11) is 0. The summed E-state index contributed by atoms with van der Waals surface area (Å²) in [5, 5.41) is 0. The van der Waals surface area contributed by atoms with Crippen LogP contribution in [0.1, 0.15) is 17.0 Å². The summed E-state index contributed by atoms with van der Waals surface area (Å²) >= 11 is 5.86. The first-order valence-corrected chi connectivity index (χ1v) is 6.39. The number of hydrogen-bond acceptors (Lipinski definition) is 0. The highest BCUT2D eigenvalue weighted by molar-refractivity contribution is 6.18. The third-order valence-corrected chi connectivity index (χ3v) is 3.41. The molecule has 0 amide bonds. The van der Waals surface area contributed by atoms with Crippen molar-refractivity contribution < 1.29 is 13.2 Å². The minimum atomic E-state index is -0.586. The van der Waals surface area contributed by atoms with Crippen molar-refractivity contribution in [1.29, 1.82) is 0 Å². The fraction of sp³-hybridized carbons (Fsp3) is 0.200. The molecule has 0 spiro atoms. The zero-order valence-corrected chi connectivity index (χ0v) is 10.8. The Labute approximate surface area is 114 Å². The second-order valence-electron chi connectivity index (χ2n) is 4.31. The highest BCUT2D eigenvalue weighted by atomic mass is 35.5. The molecule has 2 rings (SSSR count). The van der Waals surface area contributed by atoms with E-state index < -0.39 is 11.6 Å². The molecule has 0 radical (unpaired) electrons. The van der Waals surface area contributed by atoms with Gasteiger partial charge in [-0.3, -0.25) is 0 Å². The van der Waals surface area contributed by atoms with Crippen LogP contribution >= 0.6 is 11.6 Å². The maximum absolute atomic E-state index is 13.6. The molecule has 0 saturated carbocycles. The second-order valence-corrected chi connectivity index (χ2v) is 4.62. The van der Waals surface area contributed by atoms with Crippen LogP contribution in [-0.4, -0.2) is 5.88 Å². The minimum Gasteiger partial charge on any atom is -0.207 e. The Morgan fingerprint density at radius 1 is 0.895 bits per heavy atom. The summed E-state index contributed by atoms with van der Waals surface area (Å²) in [6, 6.07) is 9.55. The average molecular weight is 285 g/mol. The predicted molar refractivity (Wildman–Crippen MR) is 69.9 cm³/mol. The van der Waals surface area contributed by atoms with Crippen LogP contribution in [0.25, 0.3) is 0 Å². The zero-order valence-electron chi connectivity index (χ0n) is 10.0. The Kier molecular flexibility index (Phi) is 4.48. The molecule has 0 N–H and O–H groups in total. The van der Waals surface area contributed by atoms with Gasteiger partial charge in [0, 0.05) is 17.4 Å². The highest BCUT2D eigenvalue weighted by Crippen LogP contribution is 2.25. The first-order chi connectivity index (χ1) is 9.11. The Balaban J connectivity index is 2.26. The van der Waals surface area contributed by atoms with Crippen molar-refractivity contribution in [2.24, 2.45) is 0 Å². The third-order valence-electron chi connectivity index (χ3n) is 3.04. The number of benzene rings is 2. The van der Waals surface area contributed by atoms with E-state index in [2.05, 4.69) is 0 Å². The Morgan fingerprint density at radius 3 is 2.00 bits per heavy atom. The summed E-state index contributed by atoms with van der Waals surface area (Å²) in [4.78, 5) is 0. The molecular weight excluding hydrogens is 273 g/mol. The maximum atomic E-state index is 13.6. The van der Waals surface area contributed by atoms with Crippen LogP contribution in [0.3, 0.4) is 0 Å². The smallest absolute Gasteiger partial charge is 0.129 e. The lowest BCUT2D eigenvalue weighted by atomic mass is 9.93. The molecule has 100 valence electrons. The first-order valence-electron chi connectivity index (χ1n) is 5.86. The fourth-order valence-electron chi connectivity index (χ4n) is 1.97. The number of rotatable bonds is 4. The summed E-state index contributed by atoms with van der Waals surface area (Å²) in [6.45, 7) is 0. The Morgan fingerprint density at radius 2 is 1.47 bits per heavy atom. The van der Waals surface area contributed by atoms with E-state index in [9.17, 15) is 13.2 Å². The van der Waals surface area contributed by atoms with E-state index in [4.69, 9.17) is 11.6 Å². The van der Waals surface area contributed by atoms with Crippen LogP contribution < -0.4 is 0 Å². The third kappa shape index (κ3) is 3.29. The zero-order chi connectivity index (χ0) is 13.8. The number of halogens is 4. The van der Waals surface area contributed by atoms with Crippen LogP contribution in [0, 0.1) is 17.5 Å². The molecule has 0 aromatic heterocycles. The molecule has 2 aromatic rings. The molecule has 4 heteroatoms. The standard InChI is InChI=1S/C15H12ClF3/c16-9-11(10-4-6-12(17)7-5-10)8-13-14(18)2-1-3-15(13)19/h1-7,11H,8-9H2. The van der Waals surface area contributed by atoms with Gasteiger partial charge in [0.05, 0.1) is 0 Å². The van der Waals surface area contributed by atoms with Gasteiger partial charge in [0.15, 0.2) is 0 Å². The van der Waals surface area contributed by atoms with Gasteiger partial charge >= 0.3 is 0 Å². The monoisotopic (exact) mass is 284 g/mol. The van der Waals surface area contributed by atoms with Crippen molar-refractivity contribution >= 4 is 11.6 Å². The van der Waals surface area contributed by atoms with Crippen molar-refractivity contribution in [2.75, 3.05) is 5.88 Å². The molecule has 0 bridgehead atoms. The fourth-order valence-corrected chi connectivity index (χ4v) is 2.26. The lowest BCUT2D eigenvalue weighted by Gasteiger charge is -2.15. The van der Waals surface area contributed by atoms with Crippen LogP contribution in [0.5, 0.6) is 0 Å². The molecule has 19 heavy (non-hydrogen) atoms. The summed E-state index contributed by atoms with van der Waals surface area (Å²) < 4.78 is 40.0. The van der Waals surface area contributed by atoms with E-state index in [1.54, 1.807) is 12.1 Å². The topological polar surface area (TPSA) is 0 Å². The molecule has 1 unspecified atom stereocenters. The highest BCUT2D eigenvalue weighted by Gasteiger charge is 2.17. The second kappa shape index (κ2) is 6.11. The molecule has 0 aliphatic carbocycles. The summed E-state index contributed by atoms with van der Waals surface area (Å²) in [5.41, 5.74) is 0.775. The Hall–Kier alpha value is -1.48. The maximum Gasteiger partial charge on any atom is 0.129 e. The number of alkyl halides is 1. The van der Waals surface area contributed by atoms with Crippen molar-refractivity contribution in [2.45, 2.75) is 12.3 Å². The van der Waals surface area contributed by atoms with E-state index >= 15 is 0 Å². The quantitative estimate of drug-likeness (QED) is 0.716. The van der Waals surface area contributed by atoms with Crippen molar-refractivity contribution in [1.82, 2.24) is 0 Å². The van der Waals surface area contributed by atoms with Crippen LogP contribution in [0.2, 0.25) is 0 Å². The van der Waals surface area contributed by atoms with E-state index in [-0.39, 0.29) is 29.6 Å². The van der Waals surface area contributed by atoms with E-state index in [1.807, 2.05) is 0 Å². The van der Waals surface area contributed by atoms with E-state index in [0.717, 1.165) is 5.56 Å². The molecule has 2 aromatic carbocycles. The van der Waals surface area contributed by atoms with Crippen LogP contribution in [-0.2, 0) is 6.42 Å². The van der Waals surface area contributed by atoms with Crippen molar-refractivity contribution in [3.05, 3.63) is 71.0 Å². The van der Waals surface area contributed by atoms with Gasteiger partial charge in [-0.2, -0.15) is 0 Å². The van der Waals surface area contributed by atoms with Gasteiger partial charge in [-0.15, -0.1) is 11.6 Å². The Bertz CT molecular complexity index is 532. The minimum absolute atomic E-state index is 0.0116. The SMILES string of the molecule is Fc1ccc(C(CCl)Cc2c(F)cccc2F)cc1. The summed E-state index contributed by atoms with van der Waals surface area (Å²) in [5.74, 6) is -1.57. The van der Waals surface area contributed by atoms with Gasteiger partial charge in [0.25, 0.3) is 0 Å². The van der Waals surface area contributed by atoms with Crippen LogP contribution in [0.4, 0.5) is 13.2 Å². The molecule has 0 fully saturated rings.